The van der Waals surface area contributed by atoms with Gasteiger partial charge in [-0.05, 0) is 24.3 Å². The third-order valence-corrected chi connectivity index (χ3v) is 10.4. The first-order valence-corrected chi connectivity index (χ1v) is 17.4. The van der Waals surface area contributed by atoms with Crippen LogP contribution < -0.4 is 4.57 Å². The number of aromatic nitrogens is 5. The van der Waals surface area contributed by atoms with E-state index in [9.17, 15) is 0 Å². The van der Waals surface area contributed by atoms with Gasteiger partial charge in [0.2, 0.25) is 6.33 Å². The summed E-state index contributed by atoms with van der Waals surface area (Å²) in [5, 5.41) is 7.26. The largest absolute Gasteiger partial charge is 3.00 e. The van der Waals surface area contributed by atoms with Crippen molar-refractivity contribution in [2.75, 3.05) is 0 Å². The molecule has 0 aliphatic heterocycles. The SMILES string of the molecule is C[n+]1[c-]n(-c2[c-]cccc2)c2ccccc21.Cn1c(-c2[c-]ccc3c2oc2ccccc23)nc2ccc3c(c4cccc5c6ccccc6n3c54)c21.[Ir+3]. The molecule has 12 rings (SSSR count). The monoisotopic (exact) mass is 860 g/mol. The number of hydrogen-bond acceptors (Lipinski definition) is 2. The predicted molar refractivity (Wildman–Crippen MR) is 209 cm³/mol. The molecule has 0 radical (unpaired) electrons. The third-order valence-electron chi connectivity index (χ3n) is 10.4. The second-order valence-electron chi connectivity index (χ2n) is 13.3. The fraction of sp³-hybridized carbons (Fsp3) is 0.0435. The molecule has 0 unspecified atom stereocenters. The Hall–Kier alpha value is -6.27. The van der Waals surface area contributed by atoms with E-state index in [-0.39, 0.29) is 20.1 Å². The van der Waals surface area contributed by atoms with Gasteiger partial charge in [-0.15, -0.1) is 18.2 Å². The van der Waals surface area contributed by atoms with Crippen LogP contribution in [0.3, 0.4) is 0 Å². The van der Waals surface area contributed by atoms with E-state index in [0.29, 0.717) is 0 Å². The molecule has 6 nitrogen and oxygen atoms in total. The van der Waals surface area contributed by atoms with Crippen LogP contribution in [0.5, 0.6) is 0 Å². The van der Waals surface area contributed by atoms with Gasteiger partial charge in [0.1, 0.15) is 5.58 Å². The zero-order chi connectivity index (χ0) is 34.5. The summed E-state index contributed by atoms with van der Waals surface area (Å²) in [6.45, 7) is 0. The zero-order valence-electron chi connectivity index (χ0n) is 28.8. The van der Waals surface area contributed by atoms with E-state index in [1.807, 2.05) is 76.8 Å². The number of nitrogens with zero attached hydrogens (tertiary/aromatic N) is 5. The first-order valence-electron chi connectivity index (χ1n) is 17.4. The van der Waals surface area contributed by atoms with Gasteiger partial charge >= 0.3 is 20.1 Å². The van der Waals surface area contributed by atoms with Crippen LogP contribution >= 0.6 is 0 Å². The van der Waals surface area contributed by atoms with Gasteiger partial charge in [0.15, 0.2) is 0 Å². The summed E-state index contributed by atoms with van der Waals surface area (Å²) >= 11 is 0. The van der Waals surface area contributed by atoms with Crippen LogP contribution in [0, 0.1) is 18.5 Å². The maximum Gasteiger partial charge on any atom is 3.00 e. The predicted octanol–water partition coefficient (Wildman–Crippen LogP) is 10.1. The molecule has 0 bridgehead atoms. The van der Waals surface area contributed by atoms with E-state index in [0.717, 1.165) is 55.6 Å². The summed E-state index contributed by atoms with van der Waals surface area (Å²) in [7, 11) is 4.11. The summed E-state index contributed by atoms with van der Waals surface area (Å²) in [5.74, 6) is 0.858. The van der Waals surface area contributed by atoms with Crippen molar-refractivity contribution >= 4 is 82.1 Å². The number of imidazole rings is 2. The minimum Gasteiger partial charge on any atom is -0.501 e. The van der Waals surface area contributed by atoms with Gasteiger partial charge in [-0.1, -0.05) is 95.5 Å². The molecule has 53 heavy (non-hydrogen) atoms. The van der Waals surface area contributed by atoms with Crippen molar-refractivity contribution in [2.24, 2.45) is 14.1 Å². The van der Waals surface area contributed by atoms with E-state index < -0.39 is 0 Å². The van der Waals surface area contributed by atoms with Crippen LogP contribution in [0.15, 0.2) is 144 Å². The summed E-state index contributed by atoms with van der Waals surface area (Å²) in [5.41, 5.74) is 11.7. The fourth-order valence-electron chi connectivity index (χ4n) is 8.20. The van der Waals surface area contributed by atoms with E-state index in [4.69, 9.17) is 9.40 Å². The smallest absolute Gasteiger partial charge is 0.501 e. The molecule has 0 atom stereocenters. The molecule has 0 saturated heterocycles. The van der Waals surface area contributed by atoms with Crippen LogP contribution in [-0.4, -0.2) is 18.5 Å². The van der Waals surface area contributed by atoms with Crippen molar-refractivity contribution in [3.05, 3.63) is 158 Å². The van der Waals surface area contributed by atoms with Crippen LogP contribution in [0.25, 0.3) is 99.2 Å². The fourth-order valence-corrected chi connectivity index (χ4v) is 8.20. The molecule has 0 spiro atoms. The minimum absolute atomic E-state index is 0. The summed E-state index contributed by atoms with van der Waals surface area (Å²) in [6.07, 6.45) is 3.27. The Labute approximate surface area is 317 Å². The standard InChI is InChI=1S/C32H18N3O.C14H11N2.Ir/c1-34-30-24(33-32(34)23-13-7-11-21-19-9-3-5-15-27(19)36-31(21)23)16-17-26-28(30)22-12-6-10-20-18-8-2-4-14-25(18)35(26)29(20)22;1-15-11-16(12-7-3-2-4-8-12)14-10-6-5-9-13(14)15;/h2-12,14-17H,1H3;2-7,9-10H,1H3;/q2*-1;+3. The molecule has 0 aliphatic rings. The van der Waals surface area contributed by atoms with Crippen molar-refractivity contribution in [1.29, 1.82) is 0 Å². The Balaban J connectivity index is 0.000000173. The molecule has 0 aliphatic carbocycles. The molecule has 252 valence electrons. The Kier molecular flexibility index (Phi) is 7.06. The van der Waals surface area contributed by atoms with Crippen molar-refractivity contribution in [3.8, 4) is 17.1 Å². The van der Waals surface area contributed by atoms with Crippen molar-refractivity contribution < 1.29 is 29.1 Å². The molecule has 7 heteroatoms. The maximum absolute atomic E-state index is 6.33. The summed E-state index contributed by atoms with van der Waals surface area (Å²) in [4.78, 5) is 5.12. The first kappa shape index (κ1) is 31.5. The minimum atomic E-state index is 0. The van der Waals surface area contributed by atoms with Crippen LogP contribution in [0.1, 0.15) is 0 Å². The summed E-state index contributed by atoms with van der Waals surface area (Å²) in [6, 6.07) is 54.7. The number of aryl methyl sites for hydroxylation is 2. The number of para-hydroxylation sites is 6. The Bertz CT molecular complexity index is 3330. The van der Waals surface area contributed by atoms with E-state index in [1.54, 1.807) is 0 Å². The quantitative estimate of drug-likeness (QED) is 0.128. The topological polar surface area (TPSA) is 44.2 Å². The Morgan fingerprint density at radius 3 is 2.25 bits per heavy atom. The van der Waals surface area contributed by atoms with Gasteiger partial charge in [-0.2, -0.15) is 30.3 Å². The van der Waals surface area contributed by atoms with Gasteiger partial charge < -0.3 is 22.5 Å². The van der Waals surface area contributed by atoms with Crippen LogP contribution in [-0.2, 0) is 34.2 Å². The van der Waals surface area contributed by atoms with E-state index in [1.165, 1.54) is 43.6 Å². The van der Waals surface area contributed by atoms with E-state index in [2.05, 4.69) is 113 Å². The molecular weight excluding hydrogens is 831 g/mol. The molecule has 5 aromatic heterocycles. The van der Waals surface area contributed by atoms with E-state index >= 15 is 0 Å². The molecule has 12 aromatic rings. The molecule has 7 aromatic carbocycles. The van der Waals surface area contributed by atoms with Gasteiger partial charge in [0.05, 0.1) is 57.1 Å². The molecule has 0 saturated carbocycles. The maximum atomic E-state index is 6.33. The van der Waals surface area contributed by atoms with Crippen LogP contribution in [0.2, 0.25) is 0 Å². The average molecular weight is 860 g/mol. The number of fused-ring (bicyclic) bond motifs is 12. The van der Waals surface area contributed by atoms with Gasteiger partial charge in [0.25, 0.3) is 0 Å². The number of hydrogen-bond donors (Lipinski definition) is 0. The molecule has 0 amide bonds. The Morgan fingerprint density at radius 2 is 1.38 bits per heavy atom. The van der Waals surface area contributed by atoms with Gasteiger partial charge in [-0.25, -0.2) is 0 Å². The van der Waals surface area contributed by atoms with Crippen molar-refractivity contribution in [2.45, 2.75) is 0 Å². The number of benzene rings is 7. The molecule has 0 fully saturated rings. The second kappa shape index (κ2) is 11.9. The van der Waals surface area contributed by atoms with Crippen molar-refractivity contribution in [3.63, 3.8) is 0 Å². The van der Waals surface area contributed by atoms with Gasteiger partial charge in [0, 0.05) is 34.0 Å². The summed E-state index contributed by atoms with van der Waals surface area (Å²) < 4.78 is 15.0. The average Bonchev–Trinajstić information content (AvgIpc) is 4.00. The normalized spacial score (nSPS) is 11.8. The Morgan fingerprint density at radius 1 is 0.623 bits per heavy atom. The second-order valence-corrected chi connectivity index (χ2v) is 13.3. The molecule has 5 heterocycles. The first-order chi connectivity index (χ1) is 25.7. The van der Waals surface area contributed by atoms with Crippen LogP contribution in [0.4, 0.5) is 0 Å². The number of furan rings is 1. The van der Waals surface area contributed by atoms with Crippen molar-refractivity contribution in [1.82, 2.24) is 18.5 Å². The molecular formula is C46H29IrN5O+. The molecule has 0 N–H and O–H groups in total. The van der Waals surface area contributed by atoms with Gasteiger partial charge in [-0.3, -0.25) is 4.98 Å². The third kappa shape index (κ3) is 4.48. The zero-order valence-corrected chi connectivity index (χ0v) is 31.2. The number of rotatable bonds is 2.